The van der Waals surface area contributed by atoms with Crippen molar-refractivity contribution in [2.24, 2.45) is 11.3 Å². The molecule has 0 amide bonds. The zero-order valence-corrected chi connectivity index (χ0v) is 38.3. The van der Waals surface area contributed by atoms with Crippen molar-refractivity contribution in [2.45, 2.75) is 150 Å². The highest BCUT2D eigenvalue weighted by molar-refractivity contribution is 5.87. The quantitative estimate of drug-likeness (QED) is 0.0448. The van der Waals surface area contributed by atoms with Gasteiger partial charge < -0.3 is 24.4 Å². The van der Waals surface area contributed by atoms with Crippen LogP contribution in [0, 0.1) is 11.3 Å². The van der Waals surface area contributed by atoms with Crippen molar-refractivity contribution in [1.82, 2.24) is 0 Å². The summed E-state index contributed by atoms with van der Waals surface area (Å²) in [6, 6.07) is 20.5. The van der Waals surface area contributed by atoms with Crippen LogP contribution in [0.4, 0.5) is 0 Å². The molecule has 1 saturated carbocycles. The molecule has 0 heterocycles. The number of carbonyl (C=O) groups is 2. The number of ether oxygens (including phenoxy) is 3. The molecule has 1 fully saturated rings. The molecule has 0 saturated heterocycles. The van der Waals surface area contributed by atoms with E-state index in [1.165, 1.54) is 73.6 Å². The molecule has 1 aliphatic carbocycles. The first-order valence-electron chi connectivity index (χ1n) is 23.4. The van der Waals surface area contributed by atoms with Crippen LogP contribution in [-0.2, 0) is 38.3 Å². The normalized spacial score (nSPS) is 15.3. The summed E-state index contributed by atoms with van der Waals surface area (Å²) in [5.41, 5.74) is 9.44. The van der Waals surface area contributed by atoms with E-state index in [1.807, 2.05) is 0 Å². The minimum absolute atomic E-state index is 0.117. The van der Waals surface area contributed by atoms with Crippen molar-refractivity contribution in [3.8, 4) is 28.0 Å². The predicted octanol–water partition coefficient (Wildman–Crippen LogP) is 12.5. The molecule has 0 aliphatic heterocycles. The van der Waals surface area contributed by atoms with Crippen molar-refractivity contribution >= 4 is 11.9 Å². The smallest absolute Gasteiger partial charge is 0.333 e. The molecule has 0 radical (unpaired) electrons. The van der Waals surface area contributed by atoms with Crippen LogP contribution in [0.15, 0.2) is 78.9 Å². The molecule has 0 bridgehead atoms. The molecule has 1 aliphatic rings. The number of rotatable bonds is 27. The summed E-state index contributed by atoms with van der Waals surface area (Å²) < 4.78 is 17.6. The highest BCUT2D eigenvalue weighted by Gasteiger charge is 2.29. The van der Waals surface area contributed by atoms with Crippen LogP contribution < -0.4 is 4.74 Å². The largest absolute Gasteiger partial charge is 0.493 e. The lowest BCUT2D eigenvalue weighted by Crippen LogP contribution is -2.32. The first-order chi connectivity index (χ1) is 29.5. The van der Waals surface area contributed by atoms with E-state index in [4.69, 9.17) is 14.2 Å². The zero-order valence-electron chi connectivity index (χ0n) is 38.3. The Hall–Kier alpha value is -4.20. The second kappa shape index (κ2) is 25.7. The lowest BCUT2D eigenvalue weighted by atomic mass is 9.77. The van der Waals surface area contributed by atoms with E-state index < -0.39 is 17.4 Å². The van der Waals surface area contributed by atoms with Gasteiger partial charge in [0.1, 0.15) is 5.75 Å². The zero-order chi connectivity index (χ0) is 44.2. The van der Waals surface area contributed by atoms with Gasteiger partial charge in [0, 0.05) is 16.6 Å². The number of hydrogen-bond donors (Lipinski definition) is 2. The standard InChI is InChI=1S/C54H76O7/c1-8-11-13-16-41-19-21-43(22-20-41)44-23-25-45(26-24-44)50-28-27-46(34-42(50)10-3)49-35-47(17-14-31-60-52(57)39(4)5)51(48(36-49)18-15-32-61-53(58)40(6)7)59-33-30-54(37-55,38-56)29-12-9-2/h23-28,34-36,41,43,55-56H,4,6,8-22,29-33,37-38H2,1-3,5,7H3. The van der Waals surface area contributed by atoms with Gasteiger partial charge in [0.2, 0.25) is 0 Å². The maximum absolute atomic E-state index is 12.2. The predicted molar refractivity (Wildman–Crippen MR) is 250 cm³/mol. The fourth-order valence-corrected chi connectivity index (χ4v) is 8.74. The van der Waals surface area contributed by atoms with Crippen molar-refractivity contribution in [3.05, 3.63) is 101 Å². The van der Waals surface area contributed by atoms with E-state index in [0.29, 0.717) is 62.2 Å². The van der Waals surface area contributed by atoms with E-state index >= 15 is 0 Å². The molecule has 0 aromatic heterocycles. The highest BCUT2D eigenvalue weighted by Crippen LogP contribution is 2.40. The van der Waals surface area contributed by atoms with Gasteiger partial charge in [-0.25, -0.2) is 9.59 Å². The molecule has 61 heavy (non-hydrogen) atoms. The lowest BCUT2D eigenvalue weighted by Gasteiger charge is -2.30. The highest BCUT2D eigenvalue weighted by atomic mass is 16.5. The van der Waals surface area contributed by atoms with E-state index in [1.54, 1.807) is 13.8 Å². The molecule has 0 unspecified atom stereocenters. The Labute approximate surface area is 368 Å². The average molecular weight is 837 g/mol. The van der Waals surface area contributed by atoms with E-state index in [2.05, 4.69) is 88.5 Å². The SMILES string of the molecule is C=C(C)C(=O)OCCCc1cc(-c2ccc(-c3ccc(C4CCC(CCCCC)CC4)cc3)c(CC)c2)cc(CCCOC(=O)C(=C)C)c1OCCC(CO)(CO)CCCC. The van der Waals surface area contributed by atoms with E-state index in [9.17, 15) is 19.8 Å². The molecule has 3 aromatic carbocycles. The molecule has 2 N–H and O–H groups in total. The van der Waals surface area contributed by atoms with Gasteiger partial charge in [0.25, 0.3) is 0 Å². The maximum atomic E-state index is 12.2. The Morgan fingerprint density at radius 2 is 1.21 bits per heavy atom. The third kappa shape index (κ3) is 15.0. The monoisotopic (exact) mass is 837 g/mol. The molecule has 0 atom stereocenters. The number of benzene rings is 3. The molecular weight excluding hydrogens is 761 g/mol. The minimum atomic E-state index is -0.629. The number of carbonyl (C=O) groups excluding carboxylic acids is 2. The molecule has 4 rings (SSSR count). The maximum Gasteiger partial charge on any atom is 0.333 e. The van der Waals surface area contributed by atoms with Crippen LogP contribution in [0.2, 0.25) is 0 Å². The average Bonchev–Trinajstić information content (AvgIpc) is 3.28. The fraction of sp³-hybridized carbons (Fsp3) is 0.556. The molecule has 0 spiro atoms. The van der Waals surface area contributed by atoms with Crippen LogP contribution in [0.5, 0.6) is 5.75 Å². The number of aliphatic hydroxyl groups is 2. The van der Waals surface area contributed by atoms with Crippen LogP contribution in [0.25, 0.3) is 22.3 Å². The Morgan fingerprint density at radius 3 is 1.74 bits per heavy atom. The van der Waals surface area contributed by atoms with Crippen LogP contribution in [-0.4, -0.2) is 55.2 Å². The first kappa shape index (κ1) is 49.5. The van der Waals surface area contributed by atoms with Crippen LogP contribution >= 0.6 is 0 Å². The van der Waals surface area contributed by atoms with Gasteiger partial charge >= 0.3 is 11.9 Å². The summed E-state index contributed by atoms with van der Waals surface area (Å²) in [5.74, 6) is 1.49. The second-order valence-corrected chi connectivity index (χ2v) is 17.7. The van der Waals surface area contributed by atoms with Crippen LogP contribution in [0.3, 0.4) is 0 Å². The Bertz CT molecular complexity index is 1790. The summed E-state index contributed by atoms with van der Waals surface area (Å²) in [5, 5.41) is 20.7. The van der Waals surface area contributed by atoms with Gasteiger partial charge in [-0.1, -0.05) is 115 Å². The van der Waals surface area contributed by atoms with E-state index in [-0.39, 0.29) is 26.4 Å². The first-order valence-corrected chi connectivity index (χ1v) is 23.4. The summed E-state index contributed by atoms with van der Waals surface area (Å²) in [4.78, 5) is 24.4. The summed E-state index contributed by atoms with van der Waals surface area (Å²) >= 11 is 0. The molecule has 7 nitrogen and oxygen atoms in total. The Morgan fingerprint density at radius 1 is 0.656 bits per heavy atom. The van der Waals surface area contributed by atoms with Crippen molar-refractivity contribution in [3.63, 3.8) is 0 Å². The van der Waals surface area contributed by atoms with Crippen molar-refractivity contribution in [1.29, 1.82) is 0 Å². The van der Waals surface area contributed by atoms with Crippen LogP contribution in [0.1, 0.15) is 153 Å². The van der Waals surface area contributed by atoms with Gasteiger partial charge in [-0.3, -0.25) is 0 Å². The topological polar surface area (TPSA) is 102 Å². The van der Waals surface area contributed by atoms with Gasteiger partial charge in [-0.2, -0.15) is 0 Å². The molecule has 3 aromatic rings. The Balaban J connectivity index is 1.65. The summed E-state index contributed by atoms with van der Waals surface area (Å²) in [7, 11) is 0. The molecule has 334 valence electrons. The number of aliphatic hydroxyl groups excluding tert-OH is 2. The van der Waals surface area contributed by atoms with Gasteiger partial charge in [0.15, 0.2) is 0 Å². The summed E-state index contributed by atoms with van der Waals surface area (Å²) in [6.07, 6.45) is 17.0. The molecular formula is C54H76O7. The van der Waals surface area contributed by atoms with Gasteiger partial charge in [-0.15, -0.1) is 0 Å². The molecule has 7 heteroatoms. The second-order valence-electron chi connectivity index (χ2n) is 17.7. The van der Waals surface area contributed by atoms with Crippen molar-refractivity contribution in [2.75, 3.05) is 33.0 Å². The third-order valence-corrected chi connectivity index (χ3v) is 12.8. The summed E-state index contributed by atoms with van der Waals surface area (Å²) in [6.45, 7) is 17.9. The van der Waals surface area contributed by atoms with Gasteiger partial charge in [0.05, 0.1) is 33.0 Å². The third-order valence-electron chi connectivity index (χ3n) is 12.8. The number of esters is 2. The number of aryl methyl sites for hydroxylation is 3. The number of unbranched alkanes of at least 4 members (excludes halogenated alkanes) is 3. The van der Waals surface area contributed by atoms with Crippen molar-refractivity contribution < 1.29 is 34.0 Å². The minimum Gasteiger partial charge on any atom is -0.493 e. The Kier molecular flexibility index (Phi) is 20.8. The van der Waals surface area contributed by atoms with E-state index in [0.717, 1.165) is 53.2 Å². The van der Waals surface area contributed by atoms with Gasteiger partial charge in [-0.05, 0) is 153 Å². The fourth-order valence-electron chi connectivity index (χ4n) is 8.74. The number of hydrogen-bond acceptors (Lipinski definition) is 7. The lowest BCUT2D eigenvalue weighted by molar-refractivity contribution is -0.139.